The van der Waals surface area contributed by atoms with Crippen molar-refractivity contribution >= 4 is 28.6 Å². The van der Waals surface area contributed by atoms with Crippen molar-refractivity contribution < 1.29 is 32.3 Å². The highest BCUT2D eigenvalue weighted by molar-refractivity contribution is 6.65. The molecule has 1 aromatic heterocycles. The second-order valence-electron chi connectivity index (χ2n) is 10.9. The van der Waals surface area contributed by atoms with Crippen LogP contribution in [-0.4, -0.2) is 44.6 Å². The van der Waals surface area contributed by atoms with Crippen LogP contribution < -0.4 is 15.5 Å². The molecule has 2 unspecified atom stereocenters. The fourth-order valence-corrected chi connectivity index (χ4v) is 6.19. The summed E-state index contributed by atoms with van der Waals surface area (Å²) in [7, 11) is 0. The van der Waals surface area contributed by atoms with Gasteiger partial charge in [0.25, 0.3) is 11.8 Å². The van der Waals surface area contributed by atoms with Crippen molar-refractivity contribution in [2.24, 2.45) is 5.16 Å². The molecule has 1 spiro atoms. The van der Waals surface area contributed by atoms with Crippen LogP contribution in [-0.2, 0) is 18.0 Å². The van der Waals surface area contributed by atoms with Crippen molar-refractivity contribution in [2.75, 3.05) is 6.54 Å². The van der Waals surface area contributed by atoms with Crippen LogP contribution in [0, 0.1) is 17.5 Å². The number of fused-ring (bicyclic) bond motifs is 5. The molecule has 4 heterocycles. The number of rotatable bonds is 6. The first-order valence-corrected chi connectivity index (χ1v) is 14.0. The zero-order chi connectivity index (χ0) is 30.5. The summed E-state index contributed by atoms with van der Waals surface area (Å²) >= 11 is 6.26. The number of carbonyl (C=O) groups excluding carboxylic acids is 2. The minimum Gasteiger partial charge on any atom is -0.483 e. The van der Waals surface area contributed by atoms with Gasteiger partial charge in [-0.2, -0.15) is 0 Å². The Bertz CT molecular complexity index is 1690. The fourth-order valence-electron chi connectivity index (χ4n) is 5.93. The normalized spacial score (nSPS) is 22.5. The lowest BCUT2D eigenvalue weighted by atomic mass is 9.85. The van der Waals surface area contributed by atoms with Crippen LogP contribution in [0.4, 0.5) is 13.2 Å². The Labute approximate surface area is 248 Å². The number of hydrogen-bond acceptors (Lipinski definition) is 6. The van der Waals surface area contributed by atoms with Gasteiger partial charge in [-0.15, -0.1) is 0 Å². The van der Waals surface area contributed by atoms with Gasteiger partial charge in [-0.25, -0.2) is 13.2 Å². The number of ether oxygens (including phenoxy) is 1. The topological polar surface area (TPSA) is 102 Å². The second kappa shape index (κ2) is 11.1. The Morgan fingerprint density at radius 1 is 1.19 bits per heavy atom. The van der Waals surface area contributed by atoms with Crippen molar-refractivity contribution in [1.29, 1.82) is 0 Å². The first-order chi connectivity index (χ1) is 20.6. The Balaban J connectivity index is 1.45. The van der Waals surface area contributed by atoms with Gasteiger partial charge in [0, 0.05) is 49.4 Å². The molecule has 13 heteroatoms. The summed E-state index contributed by atoms with van der Waals surface area (Å²) in [5.74, 6) is -5.26. The molecule has 3 atom stereocenters. The minimum atomic E-state index is -1.19. The summed E-state index contributed by atoms with van der Waals surface area (Å²) in [6.07, 6.45) is 2.55. The molecule has 43 heavy (non-hydrogen) atoms. The number of amides is 2. The Morgan fingerprint density at radius 2 is 1.91 bits per heavy atom. The molecule has 0 radical (unpaired) electrons. The predicted molar refractivity (Wildman–Crippen MR) is 149 cm³/mol. The third kappa shape index (κ3) is 5.13. The number of benzene rings is 2. The minimum absolute atomic E-state index is 0.0518. The lowest BCUT2D eigenvalue weighted by molar-refractivity contribution is -0.0656. The van der Waals surface area contributed by atoms with E-state index in [2.05, 4.69) is 10.5 Å². The summed E-state index contributed by atoms with van der Waals surface area (Å²) in [4.78, 5) is 48.7. The molecule has 2 amide bonds. The standard InChI is InChI=1S/C30H26ClF3N4O5/c1-16-7-8-30(11-24(31)36-43-30)23-14-37(16)29(41)25-27(42-15-17-5-3-2-4-6-17)26(39)20(13-38(23)25)28(40)35-12-19-21(33)9-18(32)10-22(19)34/h2-6,9-10,13,16,23H,7-8,11-12,14-15H2,1H3,(H,35,40)/t16?,23?,30-/m0/s1. The third-order valence-electron chi connectivity index (χ3n) is 8.26. The molecule has 2 bridgehead atoms. The van der Waals surface area contributed by atoms with Crippen LogP contribution in [0.25, 0.3) is 0 Å². The molecule has 0 saturated carbocycles. The molecule has 3 aliphatic rings. The number of oxime groups is 1. The Kier molecular flexibility index (Phi) is 7.41. The average Bonchev–Trinajstić information content (AvgIpc) is 3.30. The number of aromatic nitrogens is 1. The van der Waals surface area contributed by atoms with E-state index in [1.807, 2.05) is 13.0 Å². The van der Waals surface area contributed by atoms with Gasteiger partial charge in [0.15, 0.2) is 17.0 Å². The maximum absolute atomic E-state index is 14.3. The van der Waals surface area contributed by atoms with Gasteiger partial charge in [-0.05, 0) is 25.3 Å². The largest absolute Gasteiger partial charge is 0.483 e. The van der Waals surface area contributed by atoms with Gasteiger partial charge < -0.3 is 24.4 Å². The van der Waals surface area contributed by atoms with E-state index < -0.39 is 64.0 Å². The average molecular weight is 615 g/mol. The molecular weight excluding hydrogens is 589 g/mol. The van der Waals surface area contributed by atoms with Gasteiger partial charge in [-0.3, -0.25) is 14.4 Å². The van der Waals surface area contributed by atoms with E-state index in [1.165, 1.54) is 10.8 Å². The first-order valence-electron chi connectivity index (χ1n) is 13.7. The van der Waals surface area contributed by atoms with E-state index >= 15 is 0 Å². The maximum Gasteiger partial charge on any atom is 0.274 e. The van der Waals surface area contributed by atoms with Crippen molar-refractivity contribution in [3.63, 3.8) is 0 Å². The number of carbonyl (C=O) groups is 2. The van der Waals surface area contributed by atoms with Crippen LogP contribution in [0.2, 0.25) is 0 Å². The van der Waals surface area contributed by atoms with Crippen LogP contribution >= 0.6 is 11.6 Å². The molecule has 0 aliphatic carbocycles. The van der Waals surface area contributed by atoms with Crippen molar-refractivity contribution in [2.45, 2.75) is 57.0 Å². The predicted octanol–water partition coefficient (Wildman–Crippen LogP) is 4.67. The van der Waals surface area contributed by atoms with Gasteiger partial charge in [-0.1, -0.05) is 47.1 Å². The fraction of sp³-hybridized carbons (Fsp3) is 0.333. The molecule has 9 nitrogen and oxygen atoms in total. The number of halogens is 4. The molecule has 1 N–H and O–H groups in total. The molecule has 1 saturated heterocycles. The summed E-state index contributed by atoms with van der Waals surface area (Å²) in [5.41, 5.74) is -2.19. The molecule has 224 valence electrons. The van der Waals surface area contributed by atoms with Crippen molar-refractivity contribution in [3.8, 4) is 5.75 Å². The van der Waals surface area contributed by atoms with Gasteiger partial charge in [0.2, 0.25) is 5.43 Å². The van der Waals surface area contributed by atoms with E-state index in [0.717, 1.165) is 0 Å². The van der Waals surface area contributed by atoms with Gasteiger partial charge >= 0.3 is 0 Å². The first kappa shape index (κ1) is 28.8. The summed E-state index contributed by atoms with van der Waals surface area (Å²) in [6.45, 7) is 1.35. The smallest absolute Gasteiger partial charge is 0.274 e. The highest BCUT2D eigenvalue weighted by Gasteiger charge is 2.54. The van der Waals surface area contributed by atoms with E-state index in [0.29, 0.717) is 30.5 Å². The molecule has 6 rings (SSSR count). The van der Waals surface area contributed by atoms with Crippen LogP contribution in [0.1, 0.15) is 64.2 Å². The zero-order valence-corrected chi connectivity index (χ0v) is 23.7. The highest BCUT2D eigenvalue weighted by Crippen LogP contribution is 2.46. The van der Waals surface area contributed by atoms with Crippen LogP contribution in [0.15, 0.2) is 58.6 Å². The number of hydrogen-bond donors (Lipinski definition) is 1. The Morgan fingerprint density at radius 3 is 2.58 bits per heavy atom. The quantitative estimate of drug-likeness (QED) is 0.435. The van der Waals surface area contributed by atoms with E-state index in [-0.39, 0.29) is 42.2 Å². The lowest BCUT2D eigenvalue weighted by Gasteiger charge is -2.42. The van der Waals surface area contributed by atoms with E-state index in [9.17, 15) is 27.6 Å². The molecule has 3 aromatic rings. The number of pyridine rings is 1. The van der Waals surface area contributed by atoms with E-state index in [4.69, 9.17) is 21.2 Å². The Hall–Kier alpha value is -4.32. The molecular formula is C30H26ClF3N4O5. The zero-order valence-electron chi connectivity index (χ0n) is 22.9. The summed E-state index contributed by atoms with van der Waals surface area (Å²) in [6, 6.07) is 9.12. The number of nitrogens with one attached hydrogen (secondary N) is 1. The number of nitrogens with zero attached hydrogens (tertiary/aromatic N) is 3. The molecule has 1 fully saturated rings. The van der Waals surface area contributed by atoms with Crippen LogP contribution in [0.5, 0.6) is 5.75 Å². The van der Waals surface area contributed by atoms with Gasteiger partial charge in [0.1, 0.15) is 34.8 Å². The maximum atomic E-state index is 14.3. The molecule has 2 aromatic carbocycles. The monoisotopic (exact) mass is 614 g/mol. The van der Waals surface area contributed by atoms with Crippen molar-refractivity contribution in [1.82, 2.24) is 14.8 Å². The van der Waals surface area contributed by atoms with Crippen LogP contribution in [0.3, 0.4) is 0 Å². The van der Waals surface area contributed by atoms with Gasteiger partial charge in [0.05, 0.1) is 6.04 Å². The highest BCUT2D eigenvalue weighted by atomic mass is 35.5. The molecule has 3 aliphatic heterocycles. The lowest BCUT2D eigenvalue weighted by Crippen LogP contribution is -2.52. The third-order valence-corrected chi connectivity index (χ3v) is 8.46. The van der Waals surface area contributed by atoms with E-state index in [1.54, 1.807) is 29.2 Å². The summed E-state index contributed by atoms with van der Waals surface area (Å²) in [5, 5.41) is 6.56. The summed E-state index contributed by atoms with van der Waals surface area (Å²) < 4.78 is 49.4. The SMILES string of the molecule is CC1CC[C@]2(CC(Cl)=NO2)C2CN1C(=O)c1c(OCc3ccccc3)c(=O)c(C(=O)NCc3c(F)cc(F)cc3F)cn12. The van der Waals surface area contributed by atoms with Crippen molar-refractivity contribution in [3.05, 3.63) is 98.7 Å². The second-order valence-corrected chi connectivity index (χ2v) is 11.4.